The molecule has 2 heterocycles. The SMILES string of the molecule is NCC(c1ccc(C(F)(F)F)nc1)N1CCC(F)(F)CC1. The molecule has 1 aromatic heterocycles. The fourth-order valence-electron chi connectivity index (χ4n) is 2.43. The summed E-state index contributed by atoms with van der Waals surface area (Å²) in [4.78, 5) is 5.15. The number of halogens is 5. The van der Waals surface area contributed by atoms with Gasteiger partial charge >= 0.3 is 6.18 Å². The van der Waals surface area contributed by atoms with E-state index in [2.05, 4.69) is 4.98 Å². The second-order valence-corrected chi connectivity index (χ2v) is 5.12. The van der Waals surface area contributed by atoms with Crippen LogP contribution in [0.5, 0.6) is 0 Å². The standard InChI is InChI=1S/C13H16F5N3/c14-12(15)3-5-21(6-4-12)10(7-19)9-1-2-11(20-8-9)13(16,17)18/h1-2,8,10H,3-7,19H2. The van der Waals surface area contributed by atoms with Crippen molar-refractivity contribution in [2.24, 2.45) is 5.73 Å². The van der Waals surface area contributed by atoms with Gasteiger partial charge in [0.05, 0.1) is 0 Å². The molecule has 0 aromatic carbocycles. The Hall–Kier alpha value is -1.28. The Morgan fingerprint density at radius 2 is 1.86 bits per heavy atom. The van der Waals surface area contributed by atoms with Crippen LogP contribution in [-0.4, -0.2) is 35.4 Å². The van der Waals surface area contributed by atoms with Crippen molar-refractivity contribution in [3.8, 4) is 0 Å². The van der Waals surface area contributed by atoms with Crippen molar-refractivity contribution in [2.45, 2.75) is 31.0 Å². The molecule has 0 saturated carbocycles. The lowest BCUT2D eigenvalue weighted by Crippen LogP contribution is -2.43. The van der Waals surface area contributed by atoms with Crippen molar-refractivity contribution in [3.63, 3.8) is 0 Å². The van der Waals surface area contributed by atoms with E-state index in [-0.39, 0.29) is 32.5 Å². The Morgan fingerprint density at radius 1 is 1.24 bits per heavy atom. The number of nitrogens with two attached hydrogens (primary N) is 1. The summed E-state index contributed by atoms with van der Waals surface area (Å²) in [7, 11) is 0. The predicted molar refractivity (Wildman–Crippen MR) is 66.8 cm³/mol. The van der Waals surface area contributed by atoms with Crippen molar-refractivity contribution in [3.05, 3.63) is 29.6 Å². The molecular formula is C13H16F5N3. The van der Waals surface area contributed by atoms with E-state index < -0.39 is 23.8 Å². The lowest BCUT2D eigenvalue weighted by atomic mass is 10.0. The maximum Gasteiger partial charge on any atom is 0.433 e. The van der Waals surface area contributed by atoms with E-state index in [1.165, 1.54) is 6.07 Å². The average molecular weight is 309 g/mol. The molecular weight excluding hydrogens is 293 g/mol. The zero-order valence-corrected chi connectivity index (χ0v) is 11.2. The van der Waals surface area contributed by atoms with Gasteiger partial charge < -0.3 is 5.73 Å². The van der Waals surface area contributed by atoms with Crippen LogP contribution >= 0.6 is 0 Å². The van der Waals surface area contributed by atoms with Crippen LogP contribution in [0.25, 0.3) is 0 Å². The Bertz CT molecular complexity index is 462. The summed E-state index contributed by atoms with van der Waals surface area (Å²) >= 11 is 0. The van der Waals surface area contributed by atoms with Crippen molar-refractivity contribution < 1.29 is 22.0 Å². The van der Waals surface area contributed by atoms with Crippen molar-refractivity contribution in [1.82, 2.24) is 9.88 Å². The molecule has 1 atom stereocenters. The molecule has 0 radical (unpaired) electrons. The molecule has 1 unspecified atom stereocenters. The third-order valence-electron chi connectivity index (χ3n) is 3.66. The Labute approximate surface area is 118 Å². The molecule has 118 valence electrons. The molecule has 1 aliphatic heterocycles. The van der Waals surface area contributed by atoms with E-state index in [4.69, 9.17) is 5.73 Å². The zero-order chi connectivity index (χ0) is 15.7. The maximum absolute atomic E-state index is 13.1. The summed E-state index contributed by atoms with van der Waals surface area (Å²) in [6.45, 7) is 0.463. The summed E-state index contributed by atoms with van der Waals surface area (Å²) < 4.78 is 63.7. The zero-order valence-electron chi connectivity index (χ0n) is 11.2. The van der Waals surface area contributed by atoms with Gasteiger partial charge in [-0.2, -0.15) is 13.2 Å². The normalized spacial score (nSPS) is 21.2. The van der Waals surface area contributed by atoms with Crippen LogP contribution in [0, 0.1) is 0 Å². The first-order valence-corrected chi connectivity index (χ1v) is 6.58. The molecule has 3 nitrogen and oxygen atoms in total. The lowest BCUT2D eigenvalue weighted by molar-refractivity contribution is -0.141. The fourth-order valence-corrected chi connectivity index (χ4v) is 2.43. The molecule has 1 saturated heterocycles. The second kappa shape index (κ2) is 5.84. The molecule has 1 aliphatic rings. The second-order valence-electron chi connectivity index (χ2n) is 5.12. The van der Waals surface area contributed by atoms with Gasteiger partial charge in [0.15, 0.2) is 0 Å². The summed E-state index contributed by atoms with van der Waals surface area (Å²) in [6, 6.07) is 1.80. The van der Waals surface area contributed by atoms with Crippen LogP contribution in [0.3, 0.4) is 0 Å². The van der Waals surface area contributed by atoms with E-state index in [9.17, 15) is 22.0 Å². The number of hydrogen-bond donors (Lipinski definition) is 1. The van der Waals surface area contributed by atoms with Crippen LogP contribution in [0.2, 0.25) is 0 Å². The van der Waals surface area contributed by atoms with Gasteiger partial charge in [0.1, 0.15) is 5.69 Å². The Morgan fingerprint density at radius 3 is 2.29 bits per heavy atom. The van der Waals surface area contributed by atoms with Crippen molar-refractivity contribution in [1.29, 1.82) is 0 Å². The highest BCUT2D eigenvalue weighted by Gasteiger charge is 2.37. The van der Waals surface area contributed by atoms with Gasteiger partial charge in [-0.25, -0.2) is 8.78 Å². The quantitative estimate of drug-likeness (QED) is 0.873. The molecule has 2 rings (SSSR count). The fraction of sp³-hybridized carbons (Fsp3) is 0.615. The summed E-state index contributed by atoms with van der Waals surface area (Å²) in [5.74, 6) is -2.67. The minimum atomic E-state index is -4.50. The number of nitrogens with zero attached hydrogens (tertiary/aromatic N) is 2. The number of pyridine rings is 1. The predicted octanol–water partition coefficient (Wildman–Crippen LogP) is 2.83. The number of hydrogen-bond acceptors (Lipinski definition) is 3. The summed E-state index contributed by atoms with van der Waals surface area (Å²) in [6.07, 6.45) is -3.91. The number of alkyl halides is 5. The Balaban J connectivity index is 2.11. The minimum absolute atomic E-state index is 0.138. The lowest BCUT2D eigenvalue weighted by Gasteiger charge is -2.37. The Kier molecular flexibility index (Phi) is 4.48. The van der Waals surface area contributed by atoms with Gasteiger partial charge in [-0.1, -0.05) is 6.07 Å². The third-order valence-corrected chi connectivity index (χ3v) is 3.66. The van der Waals surface area contributed by atoms with Crippen LogP contribution in [0.4, 0.5) is 22.0 Å². The van der Waals surface area contributed by atoms with Crippen molar-refractivity contribution >= 4 is 0 Å². The molecule has 0 bridgehead atoms. The van der Waals surface area contributed by atoms with Gasteiger partial charge in [0.2, 0.25) is 0 Å². The molecule has 1 aromatic rings. The molecule has 21 heavy (non-hydrogen) atoms. The highest BCUT2D eigenvalue weighted by molar-refractivity contribution is 5.20. The first-order valence-electron chi connectivity index (χ1n) is 6.58. The van der Waals surface area contributed by atoms with E-state index in [1.54, 1.807) is 4.90 Å². The van der Waals surface area contributed by atoms with Crippen LogP contribution in [-0.2, 0) is 6.18 Å². The monoisotopic (exact) mass is 309 g/mol. The number of aromatic nitrogens is 1. The first kappa shape index (κ1) is 16.1. The highest BCUT2D eigenvalue weighted by Crippen LogP contribution is 2.33. The molecule has 0 amide bonds. The van der Waals surface area contributed by atoms with Gasteiger partial charge in [-0.05, 0) is 11.6 Å². The van der Waals surface area contributed by atoms with Crippen molar-refractivity contribution in [2.75, 3.05) is 19.6 Å². The topological polar surface area (TPSA) is 42.1 Å². The number of likely N-dealkylation sites (tertiary alicyclic amines) is 1. The third kappa shape index (κ3) is 3.88. The molecule has 2 N–H and O–H groups in total. The number of piperidine rings is 1. The summed E-state index contributed by atoms with van der Waals surface area (Å²) in [5, 5.41) is 0. The molecule has 0 aliphatic carbocycles. The van der Waals surface area contributed by atoms with E-state index >= 15 is 0 Å². The maximum atomic E-state index is 13.1. The van der Waals surface area contributed by atoms with Crippen LogP contribution < -0.4 is 5.73 Å². The largest absolute Gasteiger partial charge is 0.433 e. The van der Waals surface area contributed by atoms with Gasteiger partial charge in [-0.3, -0.25) is 9.88 Å². The van der Waals surface area contributed by atoms with Gasteiger partial charge in [0, 0.05) is 44.7 Å². The highest BCUT2D eigenvalue weighted by atomic mass is 19.4. The van der Waals surface area contributed by atoms with E-state index in [0.29, 0.717) is 5.56 Å². The molecule has 1 fully saturated rings. The molecule has 0 spiro atoms. The molecule has 8 heteroatoms. The van der Waals surface area contributed by atoms with E-state index in [1.807, 2.05) is 0 Å². The van der Waals surface area contributed by atoms with Gasteiger partial charge in [-0.15, -0.1) is 0 Å². The minimum Gasteiger partial charge on any atom is -0.329 e. The summed E-state index contributed by atoms with van der Waals surface area (Å²) in [5.41, 5.74) is 5.18. The first-order chi connectivity index (χ1) is 9.73. The van der Waals surface area contributed by atoms with Crippen LogP contribution in [0.15, 0.2) is 18.3 Å². The van der Waals surface area contributed by atoms with Crippen LogP contribution in [0.1, 0.15) is 30.1 Å². The van der Waals surface area contributed by atoms with Gasteiger partial charge in [0.25, 0.3) is 5.92 Å². The average Bonchev–Trinajstić information content (AvgIpc) is 2.41. The smallest absolute Gasteiger partial charge is 0.329 e. The number of rotatable bonds is 3. The van der Waals surface area contributed by atoms with E-state index in [0.717, 1.165) is 12.3 Å².